The summed E-state index contributed by atoms with van der Waals surface area (Å²) < 4.78 is 0. The first-order valence-corrected chi connectivity index (χ1v) is 6.78. The molecule has 0 saturated carbocycles. The molecule has 1 unspecified atom stereocenters. The van der Waals surface area contributed by atoms with Gasteiger partial charge in [0.1, 0.15) is 11.6 Å². The van der Waals surface area contributed by atoms with Gasteiger partial charge in [0.25, 0.3) is 0 Å². The summed E-state index contributed by atoms with van der Waals surface area (Å²) >= 11 is 0. The van der Waals surface area contributed by atoms with E-state index in [2.05, 4.69) is 5.16 Å². The van der Waals surface area contributed by atoms with Crippen molar-refractivity contribution >= 4 is 17.4 Å². The average molecular weight is 280 g/mol. The summed E-state index contributed by atoms with van der Waals surface area (Å²) in [6.45, 7) is 0. The standard InChI is InChI=1S/C17H16N2O2/c1-19(2)14-10-8-12(9-11-14)15-16(18-21-17(15)20)13-6-4-3-5-7-13/h3-11,15H,1-2H3. The van der Waals surface area contributed by atoms with Crippen molar-refractivity contribution in [1.29, 1.82) is 0 Å². The van der Waals surface area contributed by atoms with Gasteiger partial charge >= 0.3 is 5.97 Å². The number of rotatable bonds is 3. The Balaban J connectivity index is 1.96. The van der Waals surface area contributed by atoms with Gasteiger partial charge in [0.05, 0.1) is 0 Å². The van der Waals surface area contributed by atoms with Gasteiger partial charge in [-0.2, -0.15) is 0 Å². The van der Waals surface area contributed by atoms with E-state index in [-0.39, 0.29) is 5.97 Å². The lowest BCUT2D eigenvalue weighted by molar-refractivity contribution is -0.141. The quantitative estimate of drug-likeness (QED) is 0.812. The molecule has 3 rings (SSSR count). The number of oxime groups is 1. The summed E-state index contributed by atoms with van der Waals surface area (Å²) in [4.78, 5) is 19.0. The summed E-state index contributed by atoms with van der Waals surface area (Å²) in [7, 11) is 3.96. The van der Waals surface area contributed by atoms with Crippen LogP contribution in [0.4, 0.5) is 5.69 Å². The molecule has 2 aromatic carbocycles. The fraction of sp³-hybridized carbons (Fsp3) is 0.176. The molecular weight excluding hydrogens is 264 g/mol. The molecule has 2 aromatic rings. The topological polar surface area (TPSA) is 41.9 Å². The predicted octanol–water partition coefficient (Wildman–Crippen LogP) is 2.80. The van der Waals surface area contributed by atoms with Gasteiger partial charge in [0.15, 0.2) is 0 Å². The Labute approximate surface area is 123 Å². The van der Waals surface area contributed by atoms with E-state index in [1.165, 1.54) is 0 Å². The minimum atomic E-state index is -0.455. The number of hydrogen-bond donors (Lipinski definition) is 0. The van der Waals surface area contributed by atoms with Crippen LogP contribution in [-0.2, 0) is 9.63 Å². The Kier molecular flexibility index (Phi) is 3.44. The Bertz CT molecular complexity index is 676. The maximum Gasteiger partial charge on any atom is 0.348 e. The molecule has 1 atom stereocenters. The molecule has 21 heavy (non-hydrogen) atoms. The van der Waals surface area contributed by atoms with Crippen molar-refractivity contribution in [2.45, 2.75) is 5.92 Å². The second-order valence-corrected chi connectivity index (χ2v) is 5.17. The third-order valence-corrected chi connectivity index (χ3v) is 3.56. The van der Waals surface area contributed by atoms with Crippen LogP contribution in [0.15, 0.2) is 59.8 Å². The number of hydrogen-bond acceptors (Lipinski definition) is 4. The number of carbonyl (C=O) groups is 1. The van der Waals surface area contributed by atoms with E-state index in [1.807, 2.05) is 73.6 Å². The van der Waals surface area contributed by atoms with Gasteiger partial charge in [-0.15, -0.1) is 0 Å². The van der Waals surface area contributed by atoms with Gasteiger partial charge in [0, 0.05) is 25.3 Å². The molecule has 0 aliphatic carbocycles. The van der Waals surface area contributed by atoms with E-state index in [0.717, 1.165) is 16.8 Å². The van der Waals surface area contributed by atoms with Crippen LogP contribution in [0.3, 0.4) is 0 Å². The number of nitrogens with zero attached hydrogens (tertiary/aromatic N) is 2. The molecular formula is C17H16N2O2. The lowest BCUT2D eigenvalue weighted by Crippen LogP contribution is -2.17. The smallest absolute Gasteiger partial charge is 0.348 e. The average Bonchev–Trinajstić information content (AvgIpc) is 2.90. The van der Waals surface area contributed by atoms with Crippen LogP contribution in [0.2, 0.25) is 0 Å². The van der Waals surface area contributed by atoms with Crippen LogP contribution in [0, 0.1) is 0 Å². The van der Waals surface area contributed by atoms with Gasteiger partial charge in [-0.1, -0.05) is 47.6 Å². The van der Waals surface area contributed by atoms with Crippen LogP contribution in [0.1, 0.15) is 17.0 Å². The Morgan fingerprint density at radius 3 is 2.29 bits per heavy atom. The van der Waals surface area contributed by atoms with Crippen LogP contribution < -0.4 is 4.90 Å². The molecule has 0 fully saturated rings. The van der Waals surface area contributed by atoms with E-state index in [0.29, 0.717) is 5.71 Å². The SMILES string of the molecule is CN(C)c1ccc(C2C(=O)ON=C2c2ccccc2)cc1. The first-order valence-electron chi connectivity index (χ1n) is 6.78. The van der Waals surface area contributed by atoms with Crippen LogP contribution in [0.5, 0.6) is 0 Å². The molecule has 1 aliphatic rings. The van der Waals surface area contributed by atoms with Crippen LogP contribution in [-0.4, -0.2) is 25.8 Å². The van der Waals surface area contributed by atoms with Crippen LogP contribution >= 0.6 is 0 Å². The van der Waals surface area contributed by atoms with Crippen LogP contribution in [0.25, 0.3) is 0 Å². The molecule has 4 heteroatoms. The normalized spacial score (nSPS) is 17.3. The molecule has 0 bridgehead atoms. The largest absolute Gasteiger partial charge is 0.378 e. The highest BCUT2D eigenvalue weighted by atomic mass is 16.7. The van der Waals surface area contributed by atoms with Crippen molar-refractivity contribution in [2.75, 3.05) is 19.0 Å². The first kappa shape index (κ1) is 13.4. The predicted molar refractivity (Wildman–Crippen MR) is 82.6 cm³/mol. The maximum absolute atomic E-state index is 12.0. The summed E-state index contributed by atoms with van der Waals surface area (Å²) in [6, 6.07) is 17.5. The zero-order valence-electron chi connectivity index (χ0n) is 12.0. The van der Waals surface area contributed by atoms with E-state index < -0.39 is 5.92 Å². The number of anilines is 1. The van der Waals surface area contributed by atoms with Gasteiger partial charge in [0.2, 0.25) is 0 Å². The molecule has 0 spiro atoms. The fourth-order valence-corrected chi connectivity index (χ4v) is 2.40. The van der Waals surface area contributed by atoms with Crippen molar-refractivity contribution < 1.29 is 9.63 Å². The van der Waals surface area contributed by atoms with Gasteiger partial charge in [-0.25, -0.2) is 4.79 Å². The van der Waals surface area contributed by atoms with Crippen molar-refractivity contribution in [2.24, 2.45) is 5.16 Å². The third-order valence-electron chi connectivity index (χ3n) is 3.56. The third kappa shape index (κ3) is 2.52. The van der Waals surface area contributed by atoms with Crippen molar-refractivity contribution in [3.05, 3.63) is 65.7 Å². The highest BCUT2D eigenvalue weighted by molar-refractivity contribution is 6.18. The highest BCUT2D eigenvalue weighted by Crippen LogP contribution is 2.29. The second kappa shape index (κ2) is 5.40. The summed E-state index contributed by atoms with van der Waals surface area (Å²) in [5.74, 6) is -0.782. The second-order valence-electron chi connectivity index (χ2n) is 5.17. The maximum atomic E-state index is 12.0. The van der Waals surface area contributed by atoms with Gasteiger partial charge < -0.3 is 9.74 Å². The minimum absolute atomic E-state index is 0.327. The molecule has 0 radical (unpaired) electrons. The Hall–Kier alpha value is -2.62. The van der Waals surface area contributed by atoms with E-state index in [1.54, 1.807) is 0 Å². The zero-order chi connectivity index (χ0) is 14.8. The van der Waals surface area contributed by atoms with Crippen molar-refractivity contribution in [3.8, 4) is 0 Å². The van der Waals surface area contributed by atoms with E-state index >= 15 is 0 Å². The molecule has 1 heterocycles. The van der Waals surface area contributed by atoms with Crippen molar-refractivity contribution in [3.63, 3.8) is 0 Å². The zero-order valence-corrected chi connectivity index (χ0v) is 12.0. The lowest BCUT2D eigenvalue weighted by atomic mass is 9.90. The molecule has 1 aliphatic heterocycles. The van der Waals surface area contributed by atoms with Gasteiger partial charge in [-0.3, -0.25) is 0 Å². The van der Waals surface area contributed by atoms with Gasteiger partial charge in [-0.05, 0) is 17.7 Å². The van der Waals surface area contributed by atoms with Crippen molar-refractivity contribution in [1.82, 2.24) is 0 Å². The molecule has 4 nitrogen and oxygen atoms in total. The first-order chi connectivity index (χ1) is 10.2. The summed E-state index contributed by atoms with van der Waals surface area (Å²) in [5, 5.41) is 3.96. The minimum Gasteiger partial charge on any atom is -0.378 e. The Morgan fingerprint density at radius 2 is 1.67 bits per heavy atom. The number of carbonyl (C=O) groups excluding carboxylic acids is 1. The molecule has 0 amide bonds. The molecule has 106 valence electrons. The molecule has 0 saturated heterocycles. The molecule has 0 aromatic heterocycles. The fourth-order valence-electron chi connectivity index (χ4n) is 2.40. The monoisotopic (exact) mass is 280 g/mol. The van der Waals surface area contributed by atoms with E-state index in [9.17, 15) is 4.79 Å². The lowest BCUT2D eigenvalue weighted by Gasteiger charge is -2.14. The highest BCUT2D eigenvalue weighted by Gasteiger charge is 2.34. The summed E-state index contributed by atoms with van der Waals surface area (Å²) in [6.07, 6.45) is 0. The molecule has 0 N–H and O–H groups in total. The Morgan fingerprint density at radius 1 is 1.00 bits per heavy atom. The van der Waals surface area contributed by atoms with E-state index in [4.69, 9.17) is 4.84 Å². The summed E-state index contributed by atoms with van der Waals surface area (Å²) in [5.41, 5.74) is 3.55. The number of benzene rings is 2.